The third-order valence-corrected chi connectivity index (χ3v) is 5.09. The van der Waals surface area contributed by atoms with Gasteiger partial charge in [-0.25, -0.2) is 0 Å². The monoisotopic (exact) mass is 474 g/mol. The van der Waals surface area contributed by atoms with E-state index < -0.39 is 6.04 Å². The first-order chi connectivity index (χ1) is 14.1. The van der Waals surface area contributed by atoms with E-state index in [9.17, 15) is 9.59 Å². The first-order valence-corrected chi connectivity index (χ1v) is 11.0. The van der Waals surface area contributed by atoms with Gasteiger partial charge >= 0.3 is 0 Å². The fourth-order valence-corrected chi connectivity index (χ4v) is 3.38. The molecule has 1 atom stereocenters. The van der Waals surface area contributed by atoms with Crippen LogP contribution in [0.2, 0.25) is 0 Å². The highest BCUT2D eigenvalue weighted by Crippen LogP contribution is 2.17. The SMILES string of the molecule is CCc1ccc(OCC(=O)N(Cc2cccc(Br)c2)[C@@H](C)C(=O)NC(C)(C)C)cc1. The minimum atomic E-state index is -0.637. The summed E-state index contributed by atoms with van der Waals surface area (Å²) in [5.41, 5.74) is 1.76. The fourth-order valence-electron chi connectivity index (χ4n) is 2.94. The van der Waals surface area contributed by atoms with E-state index in [-0.39, 0.29) is 24.0 Å². The number of nitrogens with one attached hydrogen (secondary N) is 1. The number of hydrogen-bond donors (Lipinski definition) is 1. The number of rotatable bonds is 8. The van der Waals surface area contributed by atoms with Crippen LogP contribution in [0.4, 0.5) is 0 Å². The van der Waals surface area contributed by atoms with Crippen LogP contribution in [-0.4, -0.2) is 34.9 Å². The summed E-state index contributed by atoms with van der Waals surface area (Å²) in [7, 11) is 0. The minimum Gasteiger partial charge on any atom is -0.484 e. The Morgan fingerprint density at radius 2 is 1.77 bits per heavy atom. The van der Waals surface area contributed by atoms with Crippen molar-refractivity contribution in [1.82, 2.24) is 10.2 Å². The van der Waals surface area contributed by atoms with Gasteiger partial charge in [0.25, 0.3) is 5.91 Å². The van der Waals surface area contributed by atoms with Crippen LogP contribution in [0.3, 0.4) is 0 Å². The van der Waals surface area contributed by atoms with E-state index in [0.717, 1.165) is 16.5 Å². The molecule has 0 aliphatic rings. The molecule has 0 radical (unpaired) electrons. The van der Waals surface area contributed by atoms with Crippen molar-refractivity contribution in [2.75, 3.05) is 6.61 Å². The average molecular weight is 475 g/mol. The van der Waals surface area contributed by atoms with Gasteiger partial charge in [0.05, 0.1) is 0 Å². The molecular formula is C24H31BrN2O3. The van der Waals surface area contributed by atoms with Crippen molar-refractivity contribution in [3.05, 3.63) is 64.1 Å². The Hall–Kier alpha value is -2.34. The first kappa shape index (κ1) is 23.9. The molecule has 0 saturated heterocycles. The number of ether oxygens (including phenoxy) is 1. The molecule has 2 aromatic carbocycles. The summed E-state index contributed by atoms with van der Waals surface area (Å²) in [6.45, 7) is 9.77. The molecule has 0 aliphatic carbocycles. The normalized spacial score (nSPS) is 12.2. The highest BCUT2D eigenvalue weighted by atomic mass is 79.9. The number of aryl methyl sites for hydroxylation is 1. The molecule has 0 aromatic heterocycles. The molecule has 2 rings (SSSR count). The lowest BCUT2D eigenvalue weighted by Crippen LogP contribution is -2.53. The zero-order valence-electron chi connectivity index (χ0n) is 18.4. The largest absolute Gasteiger partial charge is 0.484 e. The second kappa shape index (κ2) is 10.6. The number of nitrogens with zero attached hydrogens (tertiary/aromatic N) is 1. The van der Waals surface area contributed by atoms with Crippen molar-refractivity contribution in [2.45, 2.75) is 59.2 Å². The zero-order valence-corrected chi connectivity index (χ0v) is 20.0. The van der Waals surface area contributed by atoms with E-state index in [1.807, 2.05) is 69.3 Å². The van der Waals surface area contributed by atoms with Gasteiger partial charge in [-0.2, -0.15) is 0 Å². The molecule has 0 saturated carbocycles. The van der Waals surface area contributed by atoms with Gasteiger partial charge in [0.15, 0.2) is 6.61 Å². The van der Waals surface area contributed by atoms with Crippen LogP contribution < -0.4 is 10.1 Å². The predicted octanol–water partition coefficient (Wildman–Crippen LogP) is 4.72. The average Bonchev–Trinajstić information content (AvgIpc) is 2.69. The molecular weight excluding hydrogens is 444 g/mol. The molecule has 0 spiro atoms. The van der Waals surface area contributed by atoms with Gasteiger partial charge in [-0.3, -0.25) is 9.59 Å². The Balaban J connectivity index is 2.15. The second-order valence-electron chi connectivity index (χ2n) is 8.35. The van der Waals surface area contributed by atoms with Crippen molar-refractivity contribution in [2.24, 2.45) is 0 Å². The zero-order chi connectivity index (χ0) is 22.3. The van der Waals surface area contributed by atoms with Crippen LogP contribution in [0.25, 0.3) is 0 Å². The summed E-state index contributed by atoms with van der Waals surface area (Å²) in [6.07, 6.45) is 0.944. The molecule has 0 bridgehead atoms. The van der Waals surface area contributed by atoms with Gasteiger partial charge < -0.3 is 15.0 Å². The lowest BCUT2D eigenvalue weighted by molar-refractivity contribution is -0.142. The molecule has 30 heavy (non-hydrogen) atoms. The Morgan fingerprint density at radius 1 is 1.10 bits per heavy atom. The summed E-state index contributed by atoms with van der Waals surface area (Å²) in [4.78, 5) is 27.4. The van der Waals surface area contributed by atoms with Gasteiger partial charge in [-0.15, -0.1) is 0 Å². The van der Waals surface area contributed by atoms with Gasteiger partial charge in [0, 0.05) is 16.6 Å². The maximum absolute atomic E-state index is 13.0. The number of hydrogen-bond acceptors (Lipinski definition) is 3. The Labute approximate surface area is 187 Å². The van der Waals surface area contributed by atoms with Gasteiger partial charge in [0.2, 0.25) is 5.91 Å². The Morgan fingerprint density at radius 3 is 2.33 bits per heavy atom. The Kier molecular flexibility index (Phi) is 8.47. The van der Waals surface area contributed by atoms with E-state index in [2.05, 4.69) is 28.2 Å². The van der Waals surface area contributed by atoms with Gasteiger partial charge in [-0.1, -0.05) is 47.1 Å². The van der Waals surface area contributed by atoms with Gasteiger partial charge in [-0.05, 0) is 69.5 Å². The fraction of sp³-hybridized carbons (Fsp3) is 0.417. The summed E-state index contributed by atoms with van der Waals surface area (Å²) in [5, 5.41) is 2.95. The van der Waals surface area contributed by atoms with Crippen LogP contribution in [0.1, 0.15) is 45.7 Å². The second-order valence-corrected chi connectivity index (χ2v) is 9.27. The molecule has 5 nitrogen and oxygen atoms in total. The molecule has 1 N–H and O–H groups in total. The first-order valence-electron chi connectivity index (χ1n) is 10.2. The third-order valence-electron chi connectivity index (χ3n) is 4.60. The molecule has 0 unspecified atom stereocenters. The number of benzene rings is 2. The van der Waals surface area contributed by atoms with Crippen molar-refractivity contribution in [1.29, 1.82) is 0 Å². The molecule has 0 fully saturated rings. The van der Waals surface area contributed by atoms with Crippen LogP contribution in [0.15, 0.2) is 53.0 Å². The predicted molar refractivity (Wildman–Crippen MR) is 123 cm³/mol. The smallest absolute Gasteiger partial charge is 0.261 e. The number of carbonyl (C=O) groups is 2. The van der Waals surface area contributed by atoms with E-state index in [1.165, 1.54) is 5.56 Å². The van der Waals surface area contributed by atoms with E-state index >= 15 is 0 Å². The van der Waals surface area contributed by atoms with Crippen LogP contribution in [0.5, 0.6) is 5.75 Å². The minimum absolute atomic E-state index is 0.132. The van der Waals surface area contributed by atoms with E-state index in [1.54, 1.807) is 11.8 Å². The Bertz CT molecular complexity index is 859. The summed E-state index contributed by atoms with van der Waals surface area (Å²) in [5.74, 6) is 0.194. The molecule has 2 aromatic rings. The molecule has 162 valence electrons. The van der Waals surface area contributed by atoms with E-state index in [4.69, 9.17) is 4.74 Å². The van der Waals surface area contributed by atoms with Crippen molar-refractivity contribution in [3.8, 4) is 5.75 Å². The number of halogens is 1. The summed E-state index contributed by atoms with van der Waals surface area (Å²) >= 11 is 3.46. The molecule has 6 heteroatoms. The maximum Gasteiger partial charge on any atom is 0.261 e. The van der Waals surface area contributed by atoms with E-state index in [0.29, 0.717) is 12.3 Å². The lowest BCUT2D eigenvalue weighted by Gasteiger charge is -2.31. The van der Waals surface area contributed by atoms with Crippen LogP contribution in [-0.2, 0) is 22.6 Å². The van der Waals surface area contributed by atoms with Crippen molar-refractivity contribution < 1.29 is 14.3 Å². The number of amides is 2. The van der Waals surface area contributed by atoms with Crippen molar-refractivity contribution >= 4 is 27.7 Å². The standard InChI is InChI=1S/C24H31BrN2O3/c1-6-18-10-12-21(13-11-18)30-16-22(28)27(15-19-8-7-9-20(25)14-19)17(2)23(29)26-24(3,4)5/h7-14,17H,6,15-16H2,1-5H3,(H,26,29)/t17-/m0/s1. The summed E-state index contributed by atoms with van der Waals surface area (Å²) in [6, 6.07) is 14.8. The maximum atomic E-state index is 13.0. The highest BCUT2D eigenvalue weighted by molar-refractivity contribution is 9.10. The van der Waals surface area contributed by atoms with Gasteiger partial charge in [0.1, 0.15) is 11.8 Å². The molecule has 2 amide bonds. The van der Waals surface area contributed by atoms with Crippen molar-refractivity contribution in [3.63, 3.8) is 0 Å². The third kappa shape index (κ3) is 7.48. The lowest BCUT2D eigenvalue weighted by atomic mass is 10.1. The quantitative estimate of drug-likeness (QED) is 0.601. The van der Waals surface area contributed by atoms with Crippen LogP contribution in [0, 0.1) is 0 Å². The number of carbonyl (C=O) groups excluding carboxylic acids is 2. The summed E-state index contributed by atoms with van der Waals surface area (Å²) < 4.78 is 6.63. The highest BCUT2D eigenvalue weighted by Gasteiger charge is 2.28. The molecule has 0 heterocycles. The van der Waals surface area contributed by atoms with Crippen LogP contribution >= 0.6 is 15.9 Å². The topological polar surface area (TPSA) is 58.6 Å². The molecule has 0 aliphatic heterocycles.